The Bertz CT molecular complexity index is 1240. The molecule has 6 nitrogen and oxygen atoms in total. The van der Waals surface area contributed by atoms with Crippen LogP contribution in [0.25, 0.3) is 17.2 Å². The maximum atomic E-state index is 6.49. The number of hydrogen-bond acceptors (Lipinski definition) is 4. The van der Waals surface area contributed by atoms with Crippen LogP contribution in [-0.2, 0) is 6.54 Å². The molecule has 1 aliphatic rings. The Kier molecular flexibility index (Phi) is 4.14. The van der Waals surface area contributed by atoms with E-state index >= 15 is 0 Å². The van der Waals surface area contributed by atoms with Gasteiger partial charge in [0.2, 0.25) is 0 Å². The molecule has 8 heteroatoms. The molecule has 1 N–H and O–H groups in total. The summed E-state index contributed by atoms with van der Waals surface area (Å²) in [6.45, 7) is 2.36. The average molecular weight is 454 g/mol. The molecule has 2 aromatic carbocycles. The fourth-order valence-corrected chi connectivity index (χ4v) is 4.01. The molecule has 0 amide bonds. The zero-order chi connectivity index (χ0) is 19.3. The van der Waals surface area contributed by atoms with Crippen molar-refractivity contribution in [3.63, 3.8) is 0 Å². The van der Waals surface area contributed by atoms with Crippen molar-refractivity contribution >= 4 is 33.2 Å². The summed E-state index contributed by atoms with van der Waals surface area (Å²) in [5.41, 5.74) is 5.32. The lowest BCUT2D eigenvalue weighted by atomic mass is 10.0. The van der Waals surface area contributed by atoms with Gasteiger partial charge in [0.15, 0.2) is 11.6 Å². The number of nitrogens with zero attached hydrogens (tertiary/aromatic N) is 5. The average Bonchev–Trinajstić information content (AvgIpc) is 3.25. The number of hydrogen-bond donors (Lipinski definition) is 1. The number of aryl methyl sites for hydroxylation is 1. The van der Waals surface area contributed by atoms with Crippen LogP contribution in [-0.4, -0.2) is 30.4 Å². The number of imidazole rings is 1. The van der Waals surface area contributed by atoms with Gasteiger partial charge < -0.3 is 4.98 Å². The molecule has 0 bridgehead atoms. The molecule has 5 rings (SSSR count). The lowest BCUT2D eigenvalue weighted by Crippen LogP contribution is -2.09. The summed E-state index contributed by atoms with van der Waals surface area (Å²) in [6, 6.07) is 13.8. The van der Waals surface area contributed by atoms with Crippen LogP contribution in [0.1, 0.15) is 22.6 Å². The van der Waals surface area contributed by atoms with Crippen LogP contribution >= 0.6 is 27.5 Å². The molecule has 2 aromatic heterocycles. The van der Waals surface area contributed by atoms with Crippen LogP contribution in [0.2, 0.25) is 5.02 Å². The van der Waals surface area contributed by atoms with E-state index in [-0.39, 0.29) is 0 Å². The number of H-pyrrole nitrogens is 1. The van der Waals surface area contributed by atoms with Crippen LogP contribution in [0.5, 0.6) is 0 Å². The number of aliphatic imine (C=N–C) groups is 1. The van der Waals surface area contributed by atoms with Crippen molar-refractivity contribution in [1.82, 2.24) is 24.7 Å². The van der Waals surface area contributed by atoms with Crippen molar-refractivity contribution < 1.29 is 0 Å². The molecule has 0 spiro atoms. The second-order valence-corrected chi connectivity index (χ2v) is 7.78. The van der Waals surface area contributed by atoms with Crippen molar-refractivity contribution in [2.75, 3.05) is 0 Å². The number of aromatic amines is 1. The summed E-state index contributed by atoms with van der Waals surface area (Å²) in [5.74, 6) is 1.44. The smallest absolute Gasteiger partial charge is 0.189 e. The highest BCUT2D eigenvalue weighted by Gasteiger charge is 2.25. The van der Waals surface area contributed by atoms with Gasteiger partial charge in [0.05, 0.1) is 17.7 Å². The van der Waals surface area contributed by atoms with Crippen LogP contribution in [0, 0.1) is 6.92 Å². The molecule has 4 aromatic rings. The van der Waals surface area contributed by atoms with E-state index in [1.54, 1.807) is 6.33 Å². The second-order valence-electron chi connectivity index (χ2n) is 6.46. The molecule has 0 saturated carbocycles. The van der Waals surface area contributed by atoms with Crippen LogP contribution in [0.4, 0.5) is 0 Å². The van der Waals surface area contributed by atoms with Crippen molar-refractivity contribution in [3.8, 4) is 17.2 Å². The molecule has 1 aliphatic heterocycles. The third kappa shape index (κ3) is 2.70. The Balaban J connectivity index is 1.79. The van der Waals surface area contributed by atoms with Gasteiger partial charge in [-0.05, 0) is 31.2 Å². The number of benzene rings is 2. The third-order valence-electron chi connectivity index (χ3n) is 4.73. The Morgan fingerprint density at radius 3 is 2.75 bits per heavy atom. The highest BCUT2D eigenvalue weighted by atomic mass is 79.9. The number of aromatic nitrogens is 5. The van der Waals surface area contributed by atoms with E-state index in [2.05, 4.69) is 36.1 Å². The van der Waals surface area contributed by atoms with Crippen molar-refractivity contribution in [1.29, 1.82) is 0 Å². The van der Waals surface area contributed by atoms with Gasteiger partial charge in [-0.2, -0.15) is 0 Å². The minimum absolute atomic E-state index is 0.392. The number of fused-ring (bicyclic) bond motifs is 3. The van der Waals surface area contributed by atoms with E-state index in [1.807, 2.05) is 54.0 Å². The van der Waals surface area contributed by atoms with E-state index < -0.39 is 0 Å². The lowest BCUT2D eigenvalue weighted by molar-refractivity contribution is 0.871. The quantitative estimate of drug-likeness (QED) is 0.477. The summed E-state index contributed by atoms with van der Waals surface area (Å²) in [5, 5.41) is 9.46. The van der Waals surface area contributed by atoms with Gasteiger partial charge in [0.25, 0.3) is 0 Å². The standard InChI is InChI=1S/C20H14BrClN6/c1-11-18(25-10-24-11)20-27-26-17-9-23-19(13-4-2-3-5-15(13)22)14-8-12(21)6-7-16(14)28(17)20/h2-8,10H,9H2,1H3,(H,24,25). The fourth-order valence-electron chi connectivity index (χ4n) is 3.42. The molecule has 0 atom stereocenters. The first-order valence-corrected chi connectivity index (χ1v) is 9.85. The topological polar surface area (TPSA) is 71.8 Å². The summed E-state index contributed by atoms with van der Waals surface area (Å²) in [4.78, 5) is 12.4. The van der Waals surface area contributed by atoms with Crippen LogP contribution < -0.4 is 0 Å². The van der Waals surface area contributed by atoms with E-state index in [4.69, 9.17) is 16.6 Å². The molecule has 0 unspecified atom stereocenters. The predicted octanol–water partition coefficient (Wildman–Crippen LogP) is 4.73. The monoisotopic (exact) mass is 452 g/mol. The number of nitrogens with one attached hydrogen (secondary N) is 1. The fraction of sp³-hybridized carbons (Fsp3) is 0.100. The Morgan fingerprint density at radius 2 is 1.96 bits per heavy atom. The molecular formula is C20H14BrClN6. The summed E-state index contributed by atoms with van der Waals surface area (Å²) in [6.07, 6.45) is 1.66. The van der Waals surface area contributed by atoms with Gasteiger partial charge >= 0.3 is 0 Å². The van der Waals surface area contributed by atoms with Gasteiger partial charge in [0.1, 0.15) is 12.2 Å². The van der Waals surface area contributed by atoms with Gasteiger partial charge in [0, 0.05) is 26.3 Å². The Labute approximate surface area is 174 Å². The Morgan fingerprint density at radius 1 is 1.11 bits per heavy atom. The van der Waals surface area contributed by atoms with E-state index in [9.17, 15) is 0 Å². The number of rotatable bonds is 2. The molecule has 0 fully saturated rings. The minimum atomic E-state index is 0.392. The van der Waals surface area contributed by atoms with Gasteiger partial charge in [-0.1, -0.05) is 45.7 Å². The molecular weight excluding hydrogens is 440 g/mol. The number of halogens is 2. The highest BCUT2D eigenvalue weighted by molar-refractivity contribution is 9.10. The van der Waals surface area contributed by atoms with Gasteiger partial charge in [-0.3, -0.25) is 9.56 Å². The molecule has 0 radical (unpaired) electrons. The maximum absolute atomic E-state index is 6.49. The van der Waals surface area contributed by atoms with Gasteiger partial charge in [-0.25, -0.2) is 4.98 Å². The van der Waals surface area contributed by atoms with Crippen LogP contribution in [0.3, 0.4) is 0 Å². The first-order valence-electron chi connectivity index (χ1n) is 8.68. The molecule has 138 valence electrons. The zero-order valence-electron chi connectivity index (χ0n) is 14.8. The minimum Gasteiger partial charge on any atom is -0.348 e. The van der Waals surface area contributed by atoms with E-state index in [0.29, 0.717) is 17.4 Å². The normalized spacial score (nSPS) is 12.9. The predicted molar refractivity (Wildman–Crippen MR) is 112 cm³/mol. The highest BCUT2D eigenvalue weighted by Crippen LogP contribution is 2.32. The largest absolute Gasteiger partial charge is 0.348 e. The molecule has 0 aliphatic carbocycles. The molecule has 3 heterocycles. The molecule has 0 saturated heterocycles. The maximum Gasteiger partial charge on any atom is 0.189 e. The van der Waals surface area contributed by atoms with Crippen molar-refractivity contribution in [3.05, 3.63) is 80.9 Å². The first kappa shape index (κ1) is 17.3. The lowest BCUT2D eigenvalue weighted by Gasteiger charge is -2.14. The van der Waals surface area contributed by atoms with E-state index in [1.165, 1.54) is 0 Å². The third-order valence-corrected chi connectivity index (χ3v) is 5.56. The summed E-state index contributed by atoms with van der Waals surface area (Å²) >= 11 is 10.1. The van der Waals surface area contributed by atoms with Crippen LogP contribution in [0.15, 0.2) is 58.3 Å². The summed E-state index contributed by atoms with van der Waals surface area (Å²) < 4.78 is 2.98. The SMILES string of the molecule is Cc1[nH]cnc1-c1nnc2n1-c1ccc(Br)cc1C(c1ccccc1Cl)=NC2. The van der Waals surface area contributed by atoms with Crippen molar-refractivity contribution in [2.24, 2.45) is 4.99 Å². The summed E-state index contributed by atoms with van der Waals surface area (Å²) in [7, 11) is 0. The van der Waals surface area contributed by atoms with Gasteiger partial charge in [-0.15, -0.1) is 10.2 Å². The molecule has 28 heavy (non-hydrogen) atoms. The zero-order valence-corrected chi connectivity index (χ0v) is 17.2. The first-order chi connectivity index (χ1) is 13.6. The Hall–Kier alpha value is -2.77. The van der Waals surface area contributed by atoms with E-state index in [0.717, 1.165) is 44.2 Å². The van der Waals surface area contributed by atoms with Crippen molar-refractivity contribution in [2.45, 2.75) is 13.5 Å². The second kappa shape index (κ2) is 6.68.